The second-order valence-electron chi connectivity index (χ2n) is 8.94. The van der Waals surface area contributed by atoms with Crippen molar-refractivity contribution in [1.29, 1.82) is 0 Å². The zero-order valence-electron chi connectivity index (χ0n) is 21.1. The molecule has 3 N–H and O–H groups in total. The van der Waals surface area contributed by atoms with Crippen LogP contribution >= 0.6 is 0 Å². The lowest BCUT2D eigenvalue weighted by Gasteiger charge is -2.42. The Bertz CT molecular complexity index is 1080. The zero-order chi connectivity index (χ0) is 26.8. The fourth-order valence-corrected chi connectivity index (χ4v) is 4.81. The molecule has 0 saturated carbocycles. The van der Waals surface area contributed by atoms with Crippen molar-refractivity contribution in [3.05, 3.63) is 66.2 Å². The van der Waals surface area contributed by atoms with E-state index >= 15 is 0 Å². The lowest BCUT2D eigenvalue weighted by atomic mass is 9.79. The predicted molar refractivity (Wildman–Crippen MR) is 139 cm³/mol. The molecule has 9 nitrogen and oxygen atoms in total. The van der Waals surface area contributed by atoms with E-state index in [9.17, 15) is 14.4 Å². The van der Waals surface area contributed by atoms with Crippen molar-refractivity contribution in [1.82, 2.24) is 5.32 Å². The van der Waals surface area contributed by atoms with E-state index < -0.39 is 11.9 Å². The summed E-state index contributed by atoms with van der Waals surface area (Å²) in [5, 5.41) is 19.1. The summed E-state index contributed by atoms with van der Waals surface area (Å²) in [5.41, 5.74) is 2.16. The molecule has 1 fully saturated rings. The summed E-state index contributed by atoms with van der Waals surface area (Å²) in [6.07, 6.45) is 3.72. The van der Waals surface area contributed by atoms with Crippen LogP contribution in [0.15, 0.2) is 60.7 Å². The van der Waals surface area contributed by atoms with Crippen LogP contribution in [0.3, 0.4) is 0 Å². The van der Waals surface area contributed by atoms with Crippen molar-refractivity contribution >= 4 is 23.5 Å². The van der Waals surface area contributed by atoms with Gasteiger partial charge in [0.25, 0.3) is 0 Å². The average Bonchev–Trinajstić information content (AvgIpc) is 3.39. The molecule has 0 radical (unpaired) electrons. The van der Waals surface area contributed by atoms with Gasteiger partial charge in [-0.25, -0.2) is 9.59 Å². The number of piperidine rings is 1. The summed E-state index contributed by atoms with van der Waals surface area (Å²) < 4.78 is 11.1. The fourth-order valence-electron chi connectivity index (χ4n) is 4.81. The number of fused-ring (bicyclic) bond motifs is 1. The monoisotopic (exact) mass is 510 g/mol. The van der Waals surface area contributed by atoms with Crippen LogP contribution in [0.2, 0.25) is 0 Å². The van der Waals surface area contributed by atoms with E-state index in [-0.39, 0.29) is 24.7 Å². The molecule has 4 rings (SSSR count). The van der Waals surface area contributed by atoms with Gasteiger partial charge in [0.2, 0.25) is 12.7 Å². The Morgan fingerprint density at radius 2 is 1.62 bits per heavy atom. The molecule has 0 spiro atoms. The van der Waals surface area contributed by atoms with E-state index in [0.29, 0.717) is 30.2 Å². The number of hydrogen-bond donors (Lipinski definition) is 3. The van der Waals surface area contributed by atoms with Crippen molar-refractivity contribution in [3.8, 4) is 11.5 Å². The van der Waals surface area contributed by atoms with Crippen LogP contribution in [-0.2, 0) is 14.4 Å². The quantitative estimate of drug-likeness (QED) is 0.455. The van der Waals surface area contributed by atoms with Gasteiger partial charge in [0.1, 0.15) is 0 Å². The number of amides is 1. The molecule has 1 amide bonds. The number of nitrogens with one attached hydrogen (secondary N) is 1. The van der Waals surface area contributed by atoms with Crippen LogP contribution in [0.25, 0.3) is 0 Å². The maximum Gasteiger partial charge on any atom is 0.328 e. The highest BCUT2D eigenvalue weighted by molar-refractivity contribution is 5.94. The third-order valence-corrected chi connectivity index (χ3v) is 6.58. The van der Waals surface area contributed by atoms with Gasteiger partial charge in [-0.3, -0.25) is 4.79 Å². The van der Waals surface area contributed by atoms with Gasteiger partial charge in [0.15, 0.2) is 11.5 Å². The van der Waals surface area contributed by atoms with Crippen molar-refractivity contribution in [2.45, 2.75) is 45.1 Å². The smallest absolute Gasteiger partial charge is 0.328 e. The number of hydrogen-bond acceptors (Lipinski definition) is 6. The Morgan fingerprint density at radius 3 is 2.22 bits per heavy atom. The van der Waals surface area contributed by atoms with Gasteiger partial charge in [-0.2, -0.15) is 0 Å². The summed E-state index contributed by atoms with van der Waals surface area (Å²) in [6, 6.07) is 16.5. The van der Waals surface area contributed by atoms with Crippen LogP contribution in [0, 0.1) is 5.92 Å². The Hall–Kier alpha value is -3.85. The van der Waals surface area contributed by atoms with Gasteiger partial charge in [-0.1, -0.05) is 44.2 Å². The van der Waals surface area contributed by atoms with Gasteiger partial charge >= 0.3 is 11.9 Å². The molecule has 2 aliphatic heterocycles. The lowest BCUT2D eigenvalue weighted by Crippen LogP contribution is -2.50. The molecule has 0 bridgehead atoms. The maximum absolute atomic E-state index is 13.3. The van der Waals surface area contributed by atoms with E-state index in [2.05, 4.69) is 36.5 Å². The molecule has 2 aromatic carbocycles. The first kappa shape index (κ1) is 27.7. The van der Waals surface area contributed by atoms with E-state index in [1.807, 2.05) is 36.1 Å². The largest absolute Gasteiger partial charge is 0.478 e. The number of nitrogens with zero attached hydrogens (tertiary/aromatic N) is 1. The third kappa shape index (κ3) is 7.57. The molecule has 37 heavy (non-hydrogen) atoms. The third-order valence-electron chi connectivity index (χ3n) is 6.58. The average molecular weight is 511 g/mol. The normalized spacial score (nSPS) is 16.4. The van der Waals surface area contributed by atoms with Crippen LogP contribution in [-0.4, -0.2) is 54.0 Å². The standard InChI is InChI=1S/C24H30N2O3.C4H4O4/c1-3-23(27)26(20-9-10-21-22(15-20)29-16-28-21)24(19-11-13-25-14-12-19)17(2)18-7-5-4-6-8-18;5-3(6)1-2-4(7)8/h4-10,15,17,19,24-25H,3,11-14,16H2,1-2H3;1-2H,(H,5,6)(H,7,8)/b;2-1+. The van der Waals surface area contributed by atoms with Gasteiger partial charge in [0.05, 0.1) is 0 Å². The summed E-state index contributed by atoms with van der Waals surface area (Å²) in [6.45, 7) is 6.43. The molecule has 2 heterocycles. The van der Waals surface area contributed by atoms with Gasteiger partial charge in [0, 0.05) is 42.3 Å². The summed E-state index contributed by atoms with van der Waals surface area (Å²) in [7, 11) is 0. The topological polar surface area (TPSA) is 125 Å². The van der Waals surface area contributed by atoms with Crippen LogP contribution in [0.4, 0.5) is 5.69 Å². The lowest BCUT2D eigenvalue weighted by molar-refractivity contribution is -0.134. The second-order valence-corrected chi connectivity index (χ2v) is 8.94. The molecule has 0 aliphatic carbocycles. The van der Waals surface area contributed by atoms with E-state index in [0.717, 1.165) is 37.4 Å². The number of carbonyl (C=O) groups is 3. The SMILES string of the molecule is CCC(=O)N(c1ccc2c(c1)OCO2)C(C1CCNCC1)C(C)c1ccccc1.O=C(O)/C=C/C(=O)O. The number of carboxylic acid groups (broad SMARTS) is 2. The predicted octanol–water partition coefficient (Wildman–Crippen LogP) is 4.04. The first-order chi connectivity index (χ1) is 17.8. The van der Waals surface area contributed by atoms with Crippen molar-refractivity contribution in [2.24, 2.45) is 5.92 Å². The molecule has 1 saturated heterocycles. The minimum Gasteiger partial charge on any atom is -0.478 e. The first-order valence-corrected chi connectivity index (χ1v) is 12.4. The molecule has 2 aromatic rings. The number of benzene rings is 2. The number of carbonyl (C=O) groups excluding carboxylic acids is 1. The minimum atomic E-state index is -1.26. The number of ether oxygens (including phenoxy) is 2. The Balaban J connectivity index is 0.000000414. The fraction of sp³-hybridized carbons (Fsp3) is 0.393. The zero-order valence-corrected chi connectivity index (χ0v) is 21.1. The van der Waals surface area contributed by atoms with Crippen molar-refractivity contribution in [2.75, 3.05) is 24.8 Å². The number of aliphatic carboxylic acids is 2. The Labute approximate surface area is 216 Å². The summed E-state index contributed by atoms with van der Waals surface area (Å²) >= 11 is 0. The Morgan fingerprint density at radius 1 is 1.00 bits per heavy atom. The van der Waals surface area contributed by atoms with Crippen LogP contribution < -0.4 is 19.7 Å². The highest BCUT2D eigenvalue weighted by Gasteiger charge is 2.37. The summed E-state index contributed by atoms with van der Waals surface area (Å²) in [5.74, 6) is -0.248. The molecule has 2 aliphatic rings. The second kappa shape index (κ2) is 13.5. The molecule has 0 aromatic heterocycles. The van der Waals surface area contributed by atoms with Crippen molar-refractivity contribution in [3.63, 3.8) is 0 Å². The van der Waals surface area contributed by atoms with Gasteiger partial charge in [-0.15, -0.1) is 0 Å². The molecule has 2 atom stereocenters. The molecular formula is C28H34N2O7. The maximum atomic E-state index is 13.3. The molecule has 9 heteroatoms. The molecule has 198 valence electrons. The highest BCUT2D eigenvalue weighted by atomic mass is 16.7. The number of rotatable bonds is 8. The number of carboxylic acids is 2. The van der Waals surface area contributed by atoms with E-state index in [1.165, 1.54) is 5.56 Å². The first-order valence-electron chi connectivity index (χ1n) is 12.4. The van der Waals surface area contributed by atoms with E-state index in [1.54, 1.807) is 0 Å². The number of anilines is 1. The summed E-state index contributed by atoms with van der Waals surface area (Å²) in [4.78, 5) is 34.4. The van der Waals surface area contributed by atoms with E-state index in [4.69, 9.17) is 19.7 Å². The van der Waals surface area contributed by atoms with Crippen molar-refractivity contribution < 1.29 is 34.1 Å². The van der Waals surface area contributed by atoms with Crippen LogP contribution in [0.1, 0.15) is 44.6 Å². The van der Waals surface area contributed by atoms with Crippen LogP contribution in [0.5, 0.6) is 11.5 Å². The highest BCUT2D eigenvalue weighted by Crippen LogP contribution is 2.40. The molecular weight excluding hydrogens is 476 g/mol. The Kier molecular flexibility index (Phi) is 10.1. The minimum absolute atomic E-state index is 0.0901. The molecule has 2 unspecified atom stereocenters. The van der Waals surface area contributed by atoms with Gasteiger partial charge in [-0.05, 0) is 49.5 Å². The van der Waals surface area contributed by atoms with Gasteiger partial charge < -0.3 is 29.9 Å².